The molecule has 1 aliphatic heterocycles. The highest BCUT2D eigenvalue weighted by Crippen LogP contribution is 2.35. The first-order valence-corrected chi connectivity index (χ1v) is 5.87. The summed E-state index contributed by atoms with van der Waals surface area (Å²) in [5, 5.41) is 13.7. The number of rotatable bonds is 2. The van der Waals surface area contributed by atoms with Gasteiger partial charge in [0, 0.05) is 11.8 Å². The standard InChI is InChI=1S/C12H8N6O2/c1-2-9-10(20-6-19-9)5-7(1)11-13-4-3-8(14-11)12-15-17-18-16-12/h1-5H,6H2,(H,15,16,17,18). The van der Waals surface area contributed by atoms with E-state index in [0.29, 0.717) is 23.1 Å². The van der Waals surface area contributed by atoms with Crippen LogP contribution in [0.15, 0.2) is 30.5 Å². The zero-order chi connectivity index (χ0) is 13.4. The Hall–Kier alpha value is -3.03. The largest absolute Gasteiger partial charge is 0.454 e. The van der Waals surface area contributed by atoms with Gasteiger partial charge >= 0.3 is 0 Å². The number of nitrogens with one attached hydrogen (secondary N) is 1. The number of aromatic amines is 1. The second-order valence-electron chi connectivity index (χ2n) is 4.07. The maximum Gasteiger partial charge on any atom is 0.231 e. The van der Waals surface area contributed by atoms with E-state index >= 15 is 0 Å². The van der Waals surface area contributed by atoms with Crippen molar-refractivity contribution in [2.24, 2.45) is 0 Å². The van der Waals surface area contributed by atoms with Gasteiger partial charge in [0.05, 0.1) is 0 Å². The van der Waals surface area contributed by atoms with Crippen LogP contribution < -0.4 is 9.47 Å². The molecule has 0 radical (unpaired) electrons. The van der Waals surface area contributed by atoms with Crippen molar-refractivity contribution in [1.29, 1.82) is 0 Å². The van der Waals surface area contributed by atoms with Gasteiger partial charge < -0.3 is 9.47 Å². The van der Waals surface area contributed by atoms with E-state index in [0.717, 1.165) is 11.3 Å². The predicted molar refractivity (Wildman–Crippen MR) is 66.8 cm³/mol. The van der Waals surface area contributed by atoms with Crippen molar-refractivity contribution in [1.82, 2.24) is 30.6 Å². The van der Waals surface area contributed by atoms with Gasteiger partial charge in [-0.15, -0.1) is 10.2 Å². The van der Waals surface area contributed by atoms with Crippen molar-refractivity contribution in [2.45, 2.75) is 0 Å². The Balaban J connectivity index is 1.77. The molecule has 0 saturated heterocycles. The predicted octanol–water partition coefficient (Wildman–Crippen LogP) is 1.05. The van der Waals surface area contributed by atoms with Gasteiger partial charge in [0.15, 0.2) is 17.3 Å². The zero-order valence-electron chi connectivity index (χ0n) is 10.1. The summed E-state index contributed by atoms with van der Waals surface area (Å²) in [4.78, 5) is 8.67. The van der Waals surface area contributed by atoms with Crippen LogP contribution in [-0.2, 0) is 0 Å². The molecule has 98 valence electrons. The second kappa shape index (κ2) is 4.26. The van der Waals surface area contributed by atoms with Crippen LogP contribution in [0.4, 0.5) is 0 Å². The highest BCUT2D eigenvalue weighted by atomic mass is 16.7. The summed E-state index contributed by atoms with van der Waals surface area (Å²) < 4.78 is 10.6. The molecule has 3 aromatic rings. The summed E-state index contributed by atoms with van der Waals surface area (Å²) in [7, 11) is 0. The Morgan fingerprint density at radius 2 is 2.00 bits per heavy atom. The first-order chi connectivity index (χ1) is 9.90. The summed E-state index contributed by atoms with van der Waals surface area (Å²) in [6, 6.07) is 7.28. The second-order valence-corrected chi connectivity index (χ2v) is 4.07. The molecule has 0 spiro atoms. The van der Waals surface area contributed by atoms with Crippen LogP contribution in [0, 0.1) is 0 Å². The number of H-pyrrole nitrogens is 1. The molecule has 1 aromatic carbocycles. The lowest BCUT2D eigenvalue weighted by Gasteiger charge is -2.02. The Morgan fingerprint density at radius 3 is 2.90 bits per heavy atom. The number of tetrazole rings is 1. The summed E-state index contributed by atoms with van der Waals surface area (Å²) in [6.07, 6.45) is 1.65. The van der Waals surface area contributed by atoms with Crippen LogP contribution in [0.5, 0.6) is 11.5 Å². The lowest BCUT2D eigenvalue weighted by Crippen LogP contribution is -1.93. The molecule has 1 aliphatic rings. The van der Waals surface area contributed by atoms with E-state index in [1.54, 1.807) is 12.3 Å². The van der Waals surface area contributed by atoms with Gasteiger partial charge in [-0.3, -0.25) is 0 Å². The molecule has 3 heterocycles. The molecule has 0 bridgehead atoms. The van der Waals surface area contributed by atoms with Crippen molar-refractivity contribution >= 4 is 0 Å². The average molecular weight is 268 g/mol. The van der Waals surface area contributed by atoms with Gasteiger partial charge in [-0.05, 0) is 29.5 Å². The van der Waals surface area contributed by atoms with E-state index in [9.17, 15) is 0 Å². The summed E-state index contributed by atoms with van der Waals surface area (Å²) in [6.45, 7) is 0.239. The maximum atomic E-state index is 5.35. The molecular weight excluding hydrogens is 260 g/mol. The smallest absolute Gasteiger partial charge is 0.231 e. The van der Waals surface area contributed by atoms with Crippen molar-refractivity contribution in [3.63, 3.8) is 0 Å². The summed E-state index contributed by atoms with van der Waals surface area (Å²) >= 11 is 0. The Morgan fingerprint density at radius 1 is 1.05 bits per heavy atom. The van der Waals surface area contributed by atoms with Gasteiger partial charge in [-0.1, -0.05) is 0 Å². The van der Waals surface area contributed by atoms with E-state index < -0.39 is 0 Å². The Bertz CT molecular complexity index is 758. The number of fused-ring (bicyclic) bond motifs is 1. The first kappa shape index (κ1) is 10.9. The normalized spacial score (nSPS) is 12.6. The average Bonchev–Trinajstić information content (AvgIpc) is 3.18. The van der Waals surface area contributed by atoms with Crippen LogP contribution >= 0.6 is 0 Å². The third kappa shape index (κ3) is 1.74. The van der Waals surface area contributed by atoms with Crippen LogP contribution in [-0.4, -0.2) is 37.4 Å². The SMILES string of the molecule is c1cc(-c2nn[nH]n2)nc(-c2ccc3c(c2)OCO3)n1. The lowest BCUT2D eigenvalue weighted by atomic mass is 10.2. The van der Waals surface area contributed by atoms with Gasteiger partial charge in [-0.2, -0.15) is 5.21 Å². The third-order valence-electron chi connectivity index (χ3n) is 2.86. The summed E-state index contributed by atoms with van der Waals surface area (Å²) in [5.74, 6) is 2.40. The van der Waals surface area contributed by atoms with Crippen LogP contribution in [0.2, 0.25) is 0 Å². The number of nitrogens with zero attached hydrogens (tertiary/aromatic N) is 5. The molecule has 2 aromatic heterocycles. The fourth-order valence-electron chi connectivity index (χ4n) is 1.93. The molecule has 0 fully saturated rings. The minimum Gasteiger partial charge on any atom is -0.454 e. The first-order valence-electron chi connectivity index (χ1n) is 5.87. The molecule has 0 atom stereocenters. The molecule has 1 N–H and O–H groups in total. The molecule has 0 aliphatic carbocycles. The van der Waals surface area contributed by atoms with Crippen molar-refractivity contribution in [2.75, 3.05) is 6.79 Å². The van der Waals surface area contributed by atoms with E-state index in [1.165, 1.54) is 0 Å². The topological polar surface area (TPSA) is 98.7 Å². The molecule has 4 rings (SSSR count). The fraction of sp³-hybridized carbons (Fsp3) is 0.0833. The monoisotopic (exact) mass is 268 g/mol. The van der Waals surface area contributed by atoms with Crippen LogP contribution in [0.1, 0.15) is 0 Å². The van der Waals surface area contributed by atoms with Crippen LogP contribution in [0.3, 0.4) is 0 Å². The van der Waals surface area contributed by atoms with Gasteiger partial charge in [0.2, 0.25) is 12.6 Å². The van der Waals surface area contributed by atoms with E-state index in [1.807, 2.05) is 18.2 Å². The molecule has 0 amide bonds. The van der Waals surface area contributed by atoms with Crippen molar-refractivity contribution in [3.8, 4) is 34.4 Å². The molecule has 0 saturated carbocycles. The van der Waals surface area contributed by atoms with Crippen molar-refractivity contribution in [3.05, 3.63) is 30.5 Å². The Kier molecular flexibility index (Phi) is 2.31. The maximum absolute atomic E-state index is 5.35. The van der Waals surface area contributed by atoms with Gasteiger partial charge in [0.1, 0.15) is 5.69 Å². The number of ether oxygens (including phenoxy) is 2. The zero-order valence-corrected chi connectivity index (χ0v) is 10.1. The quantitative estimate of drug-likeness (QED) is 0.741. The highest BCUT2D eigenvalue weighted by molar-refractivity contribution is 5.63. The molecule has 8 nitrogen and oxygen atoms in total. The number of hydrogen-bond acceptors (Lipinski definition) is 7. The Labute approximate surface area is 112 Å². The minimum atomic E-state index is 0.239. The number of benzene rings is 1. The van der Waals surface area contributed by atoms with Crippen molar-refractivity contribution < 1.29 is 9.47 Å². The molecule has 20 heavy (non-hydrogen) atoms. The number of aromatic nitrogens is 6. The van der Waals surface area contributed by atoms with Gasteiger partial charge in [0.25, 0.3) is 0 Å². The third-order valence-corrected chi connectivity index (χ3v) is 2.86. The molecule has 0 unspecified atom stereocenters. The van der Waals surface area contributed by atoms with Gasteiger partial charge in [-0.25, -0.2) is 9.97 Å². The number of hydrogen-bond donors (Lipinski definition) is 1. The van der Waals surface area contributed by atoms with E-state index in [2.05, 4.69) is 30.6 Å². The summed E-state index contributed by atoms with van der Waals surface area (Å²) in [5.41, 5.74) is 1.43. The lowest BCUT2D eigenvalue weighted by molar-refractivity contribution is 0.174. The van der Waals surface area contributed by atoms with E-state index in [4.69, 9.17) is 9.47 Å². The molecular formula is C12H8N6O2. The van der Waals surface area contributed by atoms with E-state index in [-0.39, 0.29) is 6.79 Å². The van der Waals surface area contributed by atoms with Crippen LogP contribution in [0.25, 0.3) is 22.9 Å². The fourth-order valence-corrected chi connectivity index (χ4v) is 1.93. The minimum absolute atomic E-state index is 0.239. The molecule has 8 heteroatoms. The highest BCUT2D eigenvalue weighted by Gasteiger charge is 2.15.